The lowest BCUT2D eigenvalue weighted by molar-refractivity contribution is -0.114. The fourth-order valence-electron chi connectivity index (χ4n) is 2.02. The van der Waals surface area contributed by atoms with Crippen LogP contribution in [-0.4, -0.2) is 30.8 Å². The van der Waals surface area contributed by atoms with Gasteiger partial charge in [0, 0.05) is 18.0 Å². The van der Waals surface area contributed by atoms with E-state index in [1.54, 1.807) is 31.4 Å². The first-order valence-electron chi connectivity index (χ1n) is 7.17. The average molecular weight is 337 g/mol. The second kappa shape index (κ2) is 8.09. The van der Waals surface area contributed by atoms with Crippen LogP contribution in [0.3, 0.4) is 0 Å². The Hall–Kier alpha value is -2.90. The molecular formula is C16H17F2N3O3. The van der Waals surface area contributed by atoms with Crippen molar-refractivity contribution in [3.8, 4) is 5.75 Å². The molecule has 0 aliphatic rings. The number of aryl methyl sites for hydroxylation is 1. The lowest BCUT2D eigenvalue weighted by atomic mass is 10.3. The van der Waals surface area contributed by atoms with E-state index in [-0.39, 0.29) is 18.8 Å². The SMILES string of the molecule is COc1ccc(NCC(=O)Nc2cc(F)c(=O)n(CCF)c2)cc1. The molecule has 1 heterocycles. The Labute approximate surface area is 137 Å². The minimum Gasteiger partial charge on any atom is -0.497 e. The van der Waals surface area contributed by atoms with Gasteiger partial charge in [-0.25, -0.2) is 8.78 Å². The number of carbonyl (C=O) groups excluding carboxylic acids is 1. The molecule has 6 nitrogen and oxygen atoms in total. The molecule has 0 fully saturated rings. The smallest absolute Gasteiger partial charge is 0.286 e. The van der Waals surface area contributed by atoms with Crippen molar-refractivity contribution in [3.05, 3.63) is 52.7 Å². The number of amides is 1. The Morgan fingerprint density at radius 2 is 1.96 bits per heavy atom. The van der Waals surface area contributed by atoms with E-state index in [9.17, 15) is 18.4 Å². The predicted molar refractivity (Wildman–Crippen MR) is 86.7 cm³/mol. The number of halogens is 2. The summed E-state index contributed by atoms with van der Waals surface area (Å²) in [4.78, 5) is 23.3. The fraction of sp³-hybridized carbons (Fsp3) is 0.250. The van der Waals surface area contributed by atoms with Gasteiger partial charge in [0.1, 0.15) is 12.4 Å². The number of nitrogens with one attached hydrogen (secondary N) is 2. The van der Waals surface area contributed by atoms with Crippen molar-refractivity contribution in [2.45, 2.75) is 6.54 Å². The Morgan fingerprint density at radius 1 is 1.25 bits per heavy atom. The standard InChI is InChI=1S/C16H17F2N3O3/c1-24-13-4-2-11(3-5-13)19-9-15(22)20-12-8-14(18)16(23)21(10-12)7-6-17/h2-5,8,10,19H,6-7,9H2,1H3,(H,20,22). The van der Waals surface area contributed by atoms with Crippen molar-refractivity contribution < 1.29 is 18.3 Å². The molecule has 0 bridgehead atoms. The number of methoxy groups -OCH3 is 1. The van der Waals surface area contributed by atoms with Crippen LogP contribution in [-0.2, 0) is 11.3 Å². The van der Waals surface area contributed by atoms with Gasteiger partial charge in [0.25, 0.3) is 5.56 Å². The lowest BCUT2D eigenvalue weighted by Crippen LogP contribution is -2.26. The Kier molecular flexibility index (Phi) is 5.89. The van der Waals surface area contributed by atoms with Gasteiger partial charge in [-0.15, -0.1) is 0 Å². The lowest BCUT2D eigenvalue weighted by Gasteiger charge is -2.10. The molecule has 2 aromatic rings. The van der Waals surface area contributed by atoms with Crippen LogP contribution >= 0.6 is 0 Å². The molecule has 0 unspecified atom stereocenters. The van der Waals surface area contributed by atoms with E-state index < -0.39 is 24.0 Å². The van der Waals surface area contributed by atoms with Gasteiger partial charge in [-0.2, -0.15) is 0 Å². The van der Waals surface area contributed by atoms with Crippen molar-refractivity contribution in [1.29, 1.82) is 0 Å². The molecule has 0 atom stereocenters. The molecule has 0 aliphatic heterocycles. The molecule has 2 rings (SSSR count). The van der Waals surface area contributed by atoms with Gasteiger partial charge in [-0.1, -0.05) is 0 Å². The Balaban J connectivity index is 1.97. The zero-order chi connectivity index (χ0) is 17.5. The van der Waals surface area contributed by atoms with Crippen LogP contribution in [0, 0.1) is 5.82 Å². The maximum atomic E-state index is 13.5. The van der Waals surface area contributed by atoms with Gasteiger partial charge < -0.3 is 19.9 Å². The van der Waals surface area contributed by atoms with Crippen LogP contribution in [0.1, 0.15) is 0 Å². The van der Waals surface area contributed by atoms with Crippen molar-refractivity contribution in [2.75, 3.05) is 31.0 Å². The zero-order valence-electron chi connectivity index (χ0n) is 13.0. The van der Waals surface area contributed by atoms with Crippen LogP contribution in [0.5, 0.6) is 5.75 Å². The molecule has 0 saturated carbocycles. The number of alkyl halides is 1. The Bertz CT molecular complexity index is 760. The van der Waals surface area contributed by atoms with Crippen LogP contribution in [0.15, 0.2) is 41.3 Å². The van der Waals surface area contributed by atoms with E-state index >= 15 is 0 Å². The highest BCUT2D eigenvalue weighted by Gasteiger charge is 2.09. The van der Waals surface area contributed by atoms with Gasteiger partial charge in [0.05, 0.1) is 25.9 Å². The minimum absolute atomic E-state index is 0.0593. The number of nitrogens with zero attached hydrogens (tertiary/aromatic N) is 1. The number of benzene rings is 1. The number of hydrogen-bond acceptors (Lipinski definition) is 4. The predicted octanol–water partition coefficient (Wildman–Crippen LogP) is 2.02. The summed E-state index contributed by atoms with van der Waals surface area (Å²) in [5, 5.41) is 5.35. The number of carbonyl (C=O) groups is 1. The molecule has 1 aromatic heterocycles. The zero-order valence-corrected chi connectivity index (χ0v) is 13.0. The summed E-state index contributed by atoms with van der Waals surface area (Å²) in [6.45, 7) is -1.14. The average Bonchev–Trinajstić information content (AvgIpc) is 2.58. The molecular weight excluding hydrogens is 320 g/mol. The first-order valence-corrected chi connectivity index (χ1v) is 7.17. The molecule has 0 spiro atoms. The monoisotopic (exact) mass is 337 g/mol. The van der Waals surface area contributed by atoms with Crippen LogP contribution in [0.4, 0.5) is 20.2 Å². The molecule has 0 aliphatic carbocycles. The maximum absolute atomic E-state index is 13.5. The third-order valence-corrected chi connectivity index (χ3v) is 3.19. The summed E-state index contributed by atoms with van der Waals surface area (Å²) in [5.41, 5.74) is -0.136. The summed E-state index contributed by atoms with van der Waals surface area (Å²) in [6.07, 6.45) is 1.20. The minimum atomic E-state index is -1.05. The number of hydrogen-bond donors (Lipinski definition) is 2. The van der Waals surface area contributed by atoms with E-state index in [2.05, 4.69) is 10.6 Å². The summed E-state index contributed by atoms with van der Waals surface area (Å²) in [5.74, 6) is -0.796. The number of anilines is 2. The Morgan fingerprint density at radius 3 is 2.58 bits per heavy atom. The number of rotatable bonds is 7. The first kappa shape index (κ1) is 17.5. The molecule has 1 aromatic carbocycles. The summed E-state index contributed by atoms with van der Waals surface area (Å²) >= 11 is 0. The molecule has 8 heteroatoms. The van der Waals surface area contributed by atoms with Crippen LogP contribution in [0.2, 0.25) is 0 Å². The summed E-state index contributed by atoms with van der Waals surface area (Å²) in [7, 11) is 1.55. The van der Waals surface area contributed by atoms with Gasteiger partial charge in [-0.05, 0) is 24.3 Å². The quantitative estimate of drug-likeness (QED) is 0.811. The highest BCUT2D eigenvalue weighted by atomic mass is 19.1. The fourth-order valence-corrected chi connectivity index (χ4v) is 2.02. The highest BCUT2D eigenvalue weighted by molar-refractivity contribution is 5.93. The highest BCUT2D eigenvalue weighted by Crippen LogP contribution is 2.14. The molecule has 0 radical (unpaired) electrons. The first-order chi connectivity index (χ1) is 11.5. The van der Waals surface area contributed by atoms with Gasteiger partial charge in [0.15, 0.2) is 5.82 Å². The number of aromatic nitrogens is 1. The largest absolute Gasteiger partial charge is 0.497 e. The second-order valence-corrected chi connectivity index (χ2v) is 4.89. The third kappa shape index (κ3) is 4.55. The van der Waals surface area contributed by atoms with Crippen LogP contribution < -0.4 is 20.9 Å². The van der Waals surface area contributed by atoms with Crippen molar-refractivity contribution >= 4 is 17.3 Å². The van der Waals surface area contributed by atoms with E-state index in [1.165, 1.54) is 6.20 Å². The van der Waals surface area contributed by atoms with E-state index in [4.69, 9.17) is 4.74 Å². The molecule has 128 valence electrons. The molecule has 0 saturated heterocycles. The van der Waals surface area contributed by atoms with Crippen molar-refractivity contribution in [2.24, 2.45) is 0 Å². The molecule has 24 heavy (non-hydrogen) atoms. The van der Waals surface area contributed by atoms with E-state index in [0.717, 1.165) is 10.6 Å². The van der Waals surface area contributed by atoms with Crippen molar-refractivity contribution in [1.82, 2.24) is 4.57 Å². The van der Waals surface area contributed by atoms with Gasteiger partial charge >= 0.3 is 0 Å². The topological polar surface area (TPSA) is 72.4 Å². The van der Waals surface area contributed by atoms with Crippen molar-refractivity contribution in [3.63, 3.8) is 0 Å². The number of pyridine rings is 1. The molecule has 1 amide bonds. The second-order valence-electron chi connectivity index (χ2n) is 4.89. The van der Waals surface area contributed by atoms with E-state index in [1.807, 2.05) is 0 Å². The van der Waals surface area contributed by atoms with Gasteiger partial charge in [0.2, 0.25) is 5.91 Å². The third-order valence-electron chi connectivity index (χ3n) is 3.19. The summed E-state index contributed by atoms with van der Waals surface area (Å²) < 4.78 is 31.8. The maximum Gasteiger partial charge on any atom is 0.286 e. The van der Waals surface area contributed by atoms with E-state index in [0.29, 0.717) is 11.4 Å². The normalized spacial score (nSPS) is 10.3. The molecule has 2 N–H and O–H groups in total. The number of ether oxygens (including phenoxy) is 1. The van der Waals surface area contributed by atoms with Crippen LogP contribution in [0.25, 0.3) is 0 Å². The van der Waals surface area contributed by atoms with Gasteiger partial charge in [-0.3, -0.25) is 9.59 Å². The summed E-state index contributed by atoms with van der Waals surface area (Å²) in [6, 6.07) is 7.87.